The van der Waals surface area contributed by atoms with Crippen LogP contribution in [0.1, 0.15) is 290 Å². The summed E-state index contributed by atoms with van der Waals surface area (Å²) in [4.78, 5) is 38.2. The van der Waals surface area contributed by atoms with E-state index in [1.807, 2.05) is 0 Å². The van der Waals surface area contributed by atoms with Crippen molar-refractivity contribution in [2.45, 2.75) is 297 Å². The number of hydrogen-bond acceptors (Lipinski definition) is 6. The van der Waals surface area contributed by atoms with Gasteiger partial charge in [0, 0.05) is 19.3 Å². The zero-order valence-corrected chi connectivity index (χ0v) is 49.0. The lowest BCUT2D eigenvalue weighted by molar-refractivity contribution is -0.167. The second-order valence-electron chi connectivity index (χ2n) is 20.6. The average Bonchev–Trinajstić information content (AvgIpc) is 3.41. The van der Waals surface area contributed by atoms with Gasteiger partial charge in [-0.15, -0.1) is 0 Å². The standard InChI is InChI=1S/C69H116O6/c1-4-7-10-13-16-19-22-24-26-28-30-32-33-34-35-36-37-38-40-41-43-45-47-50-53-56-59-62-68(71)74-65-66(64-73-67(70)61-58-55-52-49-21-18-15-12-9-6-3)75-69(72)63-60-57-54-51-48-46-44-42-39-31-29-27-25-23-20-17-14-11-8-5-2/h7,10,12,15-16,19,24,26,30,32,34-35,37-38,41,43,47,50,66H,4-6,8-9,11,13-14,17-18,20-23,25,27-29,31,33,36,39-40,42,44-46,48-49,51-65H2,1-3H3/b10-7-,15-12-,19-16-,26-24-,32-30-,35-34-,38-37-,43-41-,50-47-. The van der Waals surface area contributed by atoms with Gasteiger partial charge in [-0.2, -0.15) is 0 Å². The van der Waals surface area contributed by atoms with E-state index < -0.39 is 6.10 Å². The van der Waals surface area contributed by atoms with Crippen LogP contribution in [0.4, 0.5) is 0 Å². The molecule has 0 fully saturated rings. The molecule has 0 aliphatic heterocycles. The molecule has 0 aromatic heterocycles. The summed E-state index contributed by atoms with van der Waals surface area (Å²) >= 11 is 0. The second kappa shape index (κ2) is 62.6. The van der Waals surface area contributed by atoms with Gasteiger partial charge >= 0.3 is 17.9 Å². The van der Waals surface area contributed by atoms with Gasteiger partial charge in [0.25, 0.3) is 0 Å². The minimum atomic E-state index is -0.799. The van der Waals surface area contributed by atoms with Gasteiger partial charge in [0.05, 0.1) is 0 Å². The van der Waals surface area contributed by atoms with Crippen molar-refractivity contribution in [2.75, 3.05) is 13.2 Å². The molecule has 1 atom stereocenters. The Morgan fingerprint density at radius 2 is 0.547 bits per heavy atom. The van der Waals surface area contributed by atoms with Gasteiger partial charge in [0.15, 0.2) is 6.10 Å². The van der Waals surface area contributed by atoms with Crippen LogP contribution < -0.4 is 0 Å². The molecule has 0 aromatic rings. The molecular weight excluding hydrogens is 925 g/mol. The topological polar surface area (TPSA) is 78.9 Å². The molecule has 0 heterocycles. The number of hydrogen-bond donors (Lipinski definition) is 0. The van der Waals surface area contributed by atoms with Gasteiger partial charge in [-0.3, -0.25) is 14.4 Å². The number of carbonyl (C=O) groups excluding carboxylic acids is 3. The second-order valence-corrected chi connectivity index (χ2v) is 20.6. The lowest BCUT2D eigenvalue weighted by atomic mass is 10.0. The molecule has 0 aromatic carbocycles. The molecule has 428 valence electrons. The highest BCUT2D eigenvalue weighted by molar-refractivity contribution is 5.71. The summed E-state index contributed by atoms with van der Waals surface area (Å²) in [6.45, 7) is 6.44. The highest BCUT2D eigenvalue weighted by Crippen LogP contribution is 2.16. The molecule has 0 saturated heterocycles. The molecule has 1 unspecified atom stereocenters. The van der Waals surface area contributed by atoms with E-state index >= 15 is 0 Å². The number of unbranched alkanes of at least 4 members (excludes halogenated alkanes) is 27. The van der Waals surface area contributed by atoms with Crippen LogP contribution in [-0.2, 0) is 28.6 Å². The van der Waals surface area contributed by atoms with Crippen molar-refractivity contribution in [3.05, 3.63) is 109 Å². The first-order valence-corrected chi connectivity index (χ1v) is 31.4. The first-order chi connectivity index (χ1) is 37.0. The maximum Gasteiger partial charge on any atom is 0.306 e. The van der Waals surface area contributed by atoms with E-state index in [9.17, 15) is 14.4 Å². The molecule has 0 aliphatic carbocycles. The third-order valence-corrected chi connectivity index (χ3v) is 13.2. The van der Waals surface area contributed by atoms with Crippen LogP contribution >= 0.6 is 0 Å². The number of carbonyl (C=O) groups is 3. The predicted octanol–water partition coefficient (Wildman–Crippen LogP) is 21.4. The first kappa shape index (κ1) is 71.1. The SMILES string of the molecule is CC/C=C\C/C=C\C/C=C\C/C=C\C/C=C\C/C=C\C/C=C\C/C=C\CCCCC(=O)OCC(COC(=O)CCCCCCC/C=C\CCC)OC(=O)CCCCCCCCCCCCCCCCCCCCCC. The van der Waals surface area contributed by atoms with E-state index in [0.717, 1.165) is 128 Å². The summed E-state index contributed by atoms with van der Waals surface area (Å²) in [5.74, 6) is -0.944. The molecule has 0 saturated carbocycles. The van der Waals surface area contributed by atoms with Crippen molar-refractivity contribution in [1.29, 1.82) is 0 Å². The van der Waals surface area contributed by atoms with Gasteiger partial charge in [-0.25, -0.2) is 0 Å². The molecule has 0 aliphatic rings. The van der Waals surface area contributed by atoms with Gasteiger partial charge in [-0.05, 0) is 103 Å². The Balaban J connectivity index is 4.35. The zero-order chi connectivity index (χ0) is 54.3. The maximum atomic E-state index is 12.9. The van der Waals surface area contributed by atoms with Crippen LogP contribution in [0.25, 0.3) is 0 Å². The Bertz CT molecular complexity index is 1520. The first-order valence-electron chi connectivity index (χ1n) is 31.4. The van der Waals surface area contributed by atoms with Crippen LogP contribution in [0.15, 0.2) is 109 Å². The molecule has 0 N–H and O–H groups in total. The number of esters is 3. The van der Waals surface area contributed by atoms with Gasteiger partial charge in [0.2, 0.25) is 0 Å². The van der Waals surface area contributed by atoms with Gasteiger partial charge < -0.3 is 14.2 Å². The Kier molecular flexibility index (Phi) is 59.3. The third-order valence-electron chi connectivity index (χ3n) is 13.2. The lowest BCUT2D eigenvalue weighted by Crippen LogP contribution is -2.30. The van der Waals surface area contributed by atoms with Crippen molar-refractivity contribution in [3.8, 4) is 0 Å². The summed E-state index contributed by atoms with van der Waals surface area (Å²) in [5, 5.41) is 0. The van der Waals surface area contributed by atoms with Crippen LogP contribution in [0.5, 0.6) is 0 Å². The Hall–Kier alpha value is -3.93. The monoisotopic (exact) mass is 1040 g/mol. The summed E-state index contributed by atoms with van der Waals surface area (Å²) in [7, 11) is 0. The van der Waals surface area contributed by atoms with Crippen molar-refractivity contribution in [3.63, 3.8) is 0 Å². The maximum absolute atomic E-state index is 12.9. The predicted molar refractivity (Wildman–Crippen MR) is 325 cm³/mol. The zero-order valence-electron chi connectivity index (χ0n) is 49.0. The van der Waals surface area contributed by atoms with E-state index in [2.05, 4.69) is 130 Å². The fourth-order valence-corrected chi connectivity index (χ4v) is 8.58. The van der Waals surface area contributed by atoms with E-state index in [1.165, 1.54) is 122 Å². The minimum absolute atomic E-state index is 0.0954. The molecule has 0 bridgehead atoms. The number of rotatable bonds is 56. The molecule has 0 spiro atoms. The molecule has 75 heavy (non-hydrogen) atoms. The summed E-state index contributed by atoms with van der Waals surface area (Å²) in [6, 6.07) is 0. The molecule has 0 radical (unpaired) electrons. The fourth-order valence-electron chi connectivity index (χ4n) is 8.58. The summed E-state index contributed by atoms with van der Waals surface area (Å²) < 4.78 is 16.8. The van der Waals surface area contributed by atoms with Gasteiger partial charge in [-0.1, -0.05) is 278 Å². The quantitative estimate of drug-likeness (QED) is 0.0261. The molecule has 6 heteroatoms. The van der Waals surface area contributed by atoms with E-state index in [4.69, 9.17) is 14.2 Å². The van der Waals surface area contributed by atoms with Crippen LogP contribution in [0.3, 0.4) is 0 Å². The third kappa shape index (κ3) is 60.8. The summed E-state index contributed by atoms with van der Waals surface area (Å²) in [6.07, 6.45) is 85.3. The average molecular weight is 1040 g/mol. The Morgan fingerprint density at radius 3 is 0.907 bits per heavy atom. The molecule has 0 amide bonds. The van der Waals surface area contributed by atoms with Crippen molar-refractivity contribution in [1.82, 2.24) is 0 Å². The minimum Gasteiger partial charge on any atom is -0.462 e. The summed E-state index contributed by atoms with van der Waals surface area (Å²) in [5.41, 5.74) is 0. The Labute approximate surface area is 463 Å². The number of allylic oxidation sites excluding steroid dienone is 18. The molecule has 0 rings (SSSR count). The molecule has 6 nitrogen and oxygen atoms in total. The Morgan fingerprint density at radius 1 is 0.280 bits per heavy atom. The van der Waals surface area contributed by atoms with Crippen molar-refractivity contribution >= 4 is 17.9 Å². The fraction of sp³-hybridized carbons (Fsp3) is 0.696. The van der Waals surface area contributed by atoms with Crippen LogP contribution in [-0.4, -0.2) is 37.2 Å². The molecular formula is C69H116O6. The lowest BCUT2D eigenvalue weighted by Gasteiger charge is -2.18. The normalized spacial score (nSPS) is 12.8. The highest BCUT2D eigenvalue weighted by atomic mass is 16.6. The van der Waals surface area contributed by atoms with E-state index in [0.29, 0.717) is 19.3 Å². The van der Waals surface area contributed by atoms with Crippen molar-refractivity contribution < 1.29 is 28.6 Å². The van der Waals surface area contributed by atoms with Crippen molar-refractivity contribution in [2.24, 2.45) is 0 Å². The van der Waals surface area contributed by atoms with E-state index in [1.54, 1.807) is 0 Å². The largest absolute Gasteiger partial charge is 0.462 e. The van der Waals surface area contributed by atoms with Crippen LogP contribution in [0.2, 0.25) is 0 Å². The number of ether oxygens (including phenoxy) is 3. The smallest absolute Gasteiger partial charge is 0.306 e. The van der Waals surface area contributed by atoms with Gasteiger partial charge in [0.1, 0.15) is 13.2 Å². The highest BCUT2D eigenvalue weighted by Gasteiger charge is 2.19. The van der Waals surface area contributed by atoms with Crippen LogP contribution in [0, 0.1) is 0 Å². The van der Waals surface area contributed by atoms with E-state index in [-0.39, 0.29) is 31.1 Å².